The smallest absolute Gasteiger partial charge is 0.150 e. The van der Waals surface area contributed by atoms with Crippen LogP contribution in [-0.2, 0) is 9.59 Å². The number of benzene rings is 2. The zero-order valence-corrected chi connectivity index (χ0v) is 10.9. The molecule has 20 heavy (non-hydrogen) atoms. The van der Waals surface area contributed by atoms with Gasteiger partial charge in [0.1, 0.15) is 0 Å². The molecule has 0 fully saturated rings. The third-order valence-corrected chi connectivity index (χ3v) is 2.83. The van der Waals surface area contributed by atoms with Gasteiger partial charge < -0.3 is 0 Å². The minimum Gasteiger partial charge on any atom is -0.298 e. The van der Waals surface area contributed by atoms with Gasteiger partial charge in [-0.3, -0.25) is 9.59 Å². The van der Waals surface area contributed by atoms with E-state index >= 15 is 0 Å². The number of allylic oxidation sites excluding steroid dienone is 2. The minimum atomic E-state index is 0.370. The lowest BCUT2D eigenvalue weighted by atomic mass is 10.0. The second-order valence-electron chi connectivity index (χ2n) is 4.26. The maximum atomic E-state index is 11.2. The Labute approximate surface area is 118 Å². The maximum Gasteiger partial charge on any atom is 0.150 e. The second kappa shape index (κ2) is 7.00. The second-order valence-corrected chi connectivity index (χ2v) is 4.26. The van der Waals surface area contributed by atoms with Crippen LogP contribution in [0.5, 0.6) is 0 Å². The predicted octanol–water partition coefficient (Wildman–Crippen LogP) is 3.55. The quantitative estimate of drug-likeness (QED) is 0.469. The van der Waals surface area contributed by atoms with Crippen molar-refractivity contribution in [2.75, 3.05) is 0 Å². The summed E-state index contributed by atoms with van der Waals surface area (Å²) in [6, 6.07) is 18.9. The van der Waals surface area contributed by atoms with E-state index in [1.54, 1.807) is 12.2 Å². The van der Waals surface area contributed by atoms with Crippen LogP contribution in [0.3, 0.4) is 0 Å². The van der Waals surface area contributed by atoms with Gasteiger partial charge in [-0.1, -0.05) is 60.7 Å². The van der Waals surface area contributed by atoms with Gasteiger partial charge in [0, 0.05) is 11.1 Å². The molecule has 0 saturated carbocycles. The van der Waals surface area contributed by atoms with Gasteiger partial charge in [0.15, 0.2) is 12.6 Å². The van der Waals surface area contributed by atoms with E-state index in [9.17, 15) is 9.59 Å². The van der Waals surface area contributed by atoms with Crippen LogP contribution in [0.15, 0.2) is 71.8 Å². The van der Waals surface area contributed by atoms with Crippen LogP contribution in [0, 0.1) is 0 Å². The van der Waals surface area contributed by atoms with Crippen molar-refractivity contribution in [1.29, 1.82) is 0 Å². The van der Waals surface area contributed by atoms with Gasteiger partial charge in [-0.05, 0) is 23.3 Å². The van der Waals surface area contributed by atoms with Gasteiger partial charge in [-0.25, -0.2) is 0 Å². The van der Waals surface area contributed by atoms with E-state index in [1.165, 1.54) is 0 Å². The molecule has 0 aromatic heterocycles. The van der Waals surface area contributed by atoms with E-state index in [2.05, 4.69) is 0 Å². The zero-order chi connectivity index (χ0) is 14.2. The van der Waals surface area contributed by atoms with Crippen molar-refractivity contribution in [1.82, 2.24) is 0 Å². The van der Waals surface area contributed by atoms with E-state index in [-0.39, 0.29) is 0 Å². The highest BCUT2D eigenvalue weighted by Gasteiger charge is 2.04. The number of aldehydes is 2. The van der Waals surface area contributed by atoms with Gasteiger partial charge in [0.2, 0.25) is 0 Å². The number of carbonyl (C=O) groups excluding carboxylic acids is 2. The largest absolute Gasteiger partial charge is 0.298 e. The molecule has 98 valence electrons. The lowest BCUT2D eigenvalue weighted by Gasteiger charge is -2.01. The Kier molecular flexibility index (Phi) is 4.79. The Morgan fingerprint density at radius 1 is 0.600 bits per heavy atom. The fraction of sp³-hybridized carbons (Fsp3) is 0. The standard InChI is InChI=1S/C18H14O2/c19-13-17(11-15-7-3-1-4-8-15)18(14-20)12-16-9-5-2-6-10-16/h1-14H/b17-11+,18-12+. The molecule has 0 aliphatic carbocycles. The number of hydrogen-bond acceptors (Lipinski definition) is 2. The first-order valence-corrected chi connectivity index (χ1v) is 6.27. The van der Waals surface area contributed by atoms with Gasteiger partial charge in [0.25, 0.3) is 0 Å². The fourth-order valence-corrected chi connectivity index (χ4v) is 1.83. The highest BCUT2D eigenvalue weighted by Crippen LogP contribution is 2.15. The summed E-state index contributed by atoms with van der Waals surface area (Å²) < 4.78 is 0. The summed E-state index contributed by atoms with van der Waals surface area (Å²) in [6.45, 7) is 0. The molecule has 2 aromatic rings. The Morgan fingerprint density at radius 2 is 0.950 bits per heavy atom. The highest BCUT2D eigenvalue weighted by atomic mass is 16.1. The van der Waals surface area contributed by atoms with E-state index in [0.717, 1.165) is 11.1 Å². The van der Waals surface area contributed by atoms with Crippen molar-refractivity contribution in [3.05, 3.63) is 82.9 Å². The summed E-state index contributed by atoms with van der Waals surface area (Å²) in [5, 5.41) is 0. The van der Waals surface area contributed by atoms with Crippen molar-refractivity contribution < 1.29 is 9.59 Å². The lowest BCUT2D eigenvalue weighted by molar-refractivity contribution is -0.107. The average molecular weight is 262 g/mol. The average Bonchev–Trinajstić information content (AvgIpc) is 2.52. The van der Waals surface area contributed by atoms with Crippen molar-refractivity contribution in [3.8, 4) is 0 Å². The first-order chi connectivity index (χ1) is 9.83. The molecule has 0 N–H and O–H groups in total. The molecule has 0 unspecified atom stereocenters. The van der Waals surface area contributed by atoms with Crippen LogP contribution >= 0.6 is 0 Å². The normalized spacial score (nSPS) is 12.0. The molecule has 0 heterocycles. The van der Waals surface area contributed by atoms with Crippen LogP contribution in [0.4, 0.5) is 0 Å². The molecule has 0 amide bonds. The molecular formula is C18H14O2. The van der Waals surface area contributed by atoms with E-state index in [0.29, 0.717) is 23.7 Å². The molecule has 2 rings (SSSR count). The Balaban J connectivity index is 2.38. The first-order valence-electron chi connectivity index (χ1n) is 6.27. The molecule has 2 heteroatoms. The molecule has 0 aliphatic heterocycles. The summed E-state index contributed by atoms with van der Waals surface area (Å²) in [4.78, 5) is 22.5. The molecule has 0 spiro atoms. The van der Waals surface area contributed by atoms with Crippen LogP contribution in [-0.4, -0.2) is 12.6 Å². The summed E-state index contributed by atoms with van der Waals surface area (Å²) in [6.07, 6.45) is 4.82. The SMILES string of the molecule is O=CC(=C\c1ccccc1)/C(C=O)=C/c1ccccc1. The summed E-state index contributed by atoms with van der Waals surface area (Å²) >= 11 is 0. The number of hydrogen-bond donors (Lipinski definition) is 0. The summed E-state index contributed by atoms with van der Waals surface area (Å²) in [7, 11) is 0. The first kappa shape index (κ1) is 13.7. The molecule has 0 saturated heterocycles. The third-order valence-electron chi connectivity index (χ3n) is 2.83. The Bertz CT molecular complexity index is 578. The number of rotatable bonds is 5. The van der Waals surface area contributed by atoms with Crippen molar-refractivity contribution in [2.24, 2.45) is 0 Å². The summed E-state index contributed by atoms with van der Waals surface area (Å²) in [5.74, 6) is 0. The third kappa shape index (κ3) is 3.62. The highest BCUT2D eigenvalue weighted by molar-refractivity contribution is 6.02. The maximum absolute atomic E-state index is 11.2. The van der Waals surface area contributed by atoms with Crippen LogP contribution in [0.1, 0.15) is 11.1 Å². The van der Waals surface area contributed by atoms with Crippen molar-refractivity contribution in [3.63, 3.8) is 0 Å². The van der Waals surface area contributed by atoms with E-state index in [1.807, 2.05) is 60.7 Å². The molecule has 2 nitrogen and oxygen atoms in total. The van der Waals surface area contributed by atoms with E-state index < -0.39 is 0 Å². The lowest BCUT2D eigenvalue weighted by Crippen LogP contribution is -1.93. The van der Waals surface area contributed by atoms with Gasteiger partial charge in [0.05, 0.1) is 0 Å². The van der Waals surface area contributed by atoms with Crippen LogP contribution in [0.2, 0.25) is 0 Å². The minimum absolute atomic E-state index is 0.370. The monoisotopic (exact) mass is 262 g/mol. The summed E-state index contributed by atoms with van der Waals surface area (Å²) in [5.41, 5.74) is 2.51. The Hall–Kier alpha value is -2.74. The van der Waals surface area contributed by atoms with Gasteiger partial charge >= 0.3 is 0 Å². The molecule has 0 radical (unpaired) electrons. The zero-order valence-electron chi connectivity index (χ0n) is 10.9. The molecule has 2 aromatic carbocycles. The van der Waals surface area contributed by atoms with Crippen molar-refractivity contribution in [2.45, 2.75) is 0 Å². The van der Waals surface area contributed by atoms with Crippen molar-refractivity contribution >= 4 is 24.7 Å². The fourth-order valence-electron chi connectivity index (χ4n) is 1.83. The van der Waals surface area contributed by atoms with Gasteiger partial charge in [-0.15, -0.1) is 0 Å². The topological polar surface area (TPSA) is 34.1 Å². The van der Waals surface area contributed by atoms with E-state index in [4.69, 9.17) is 0 Å². The molecule has 0 atom stereocenters. The predicted molar refractivity (Wildman–Crippen MR) is 81.0 cm³/mol. The van der Waals surface area contributed by atoms with Crippen LogP contribution in [0.25, 0.3) is 12.2 Å². The molecule has 0 aliphatic rings. The van der Waals surface area contributed by atoms with Crippen LogP contribution < -0.4 is 0 Å². The van der Waals surface area contributed by atoms with Gasteiger partial charge in [-0.2, -0.15) is 0 Å². The Morgan fingerprint density at radius 3 is 1.25 bits per heavy atom. The molecular weight excluding hydrogens is 248 g/mol. The number of carbonyl (C=O) groups is 2. The molecule has 0 bridgehead atoms.